The number of amides is 2. The monoisotopic (exact) mass is 294 g/mol. The maximum atomic E-state index is 12.2. The third-order valence-corrected chi connectivity index (χ3v) is 3.45. The lowest BCUT2D eigenvalue weighted by Crippen LogP contribution is -2.46. The molecule has 2 rings (SSSR count). The van der Waals surface area contributed by atoms with Crippen molar-refractivity contribution in [3.8, 4) is 0 Å². The van der Waals surface area contributed by atoms with Gasteiger partial charge < -0.3 is 19.4 Å². The summed E-state index contributed by atoms with van der Waals surface area (Å²) in [6.07, 6.45) is 2.87. The molecule has 0 spiro atoms. The SMILES string of the molecule is COC(=O)CNC(=O)C1CCCN(C(=O)c2ccco2)C1. The molecular formula is C14H18N2O5. The van der Waals surface area contributed by atoms with Crippen LogP contribution in [0.4, 0.5) is 0 Å². The molecule has 0 aliphatic carbocycles. The Morgan fingerprint density at radius 3 is 2.95 bits per heavy atom. The Kier molecular flexibility index (Phi) is 4.97. The first-order valence-corrected chi connectivity index (χ1v) is 6.79. The van der Waals surface area contributed by atoms with Gasteiger partial charge in [-0.05, 0) is 25.0 Å². The third kappa shape index (κ3) is 3.84. The molecule has 1 atom stereocenters. The Hall–Kier alpha value is -2.31. The summed E-state index contributed by atoms with van der Waals surface area (Å²) in [4.78, 5) is 36.8. The summed E-state index contributed by atoms with van der Waals surface area (Å²) in [5, 5.41) is 2.52. The van der Waals surface area contributed by atoms with E-state index in [4.69, 9.17) is 4.42 Å². The average molecular weight is 294 g/mol. The van der Waals surface area contributed by atoms with Crippen molar-refractivity contribution < 1.29 is 23.5 Å². The summed E-state index contributed by atoms with van der Waals surface area (Å²) in [6, 6.07) is 3.25. The molecule has 2 amide bonds. The van der Waals surface area contributed by atoms with E-state index in [-0.39, 0.29) is 30.0 Å². The maximum Gasteiger partial charge on any atom is 0.325 e. The minimum Gasteiger partial charge on any atom is -0.468 e. The van der Waals surface area contributed by atoms with Crippen molar-refractivity contribution in [2.75, 3.05) is 26.7 Å². The second-order valence-electron chi connectivity index (χ2n) is 4.86. The molecule has 1 aliphatic heterocycles. The minimum absolute atomic E-state index is 0.155. The van der Waals surface area contributed by atoms with Gasteiger partial charge in [0.15, 0.2) is 5.76 Å². The molecule has 1 aromatic heterocycles. The molecule has 7 heteroatoms. The second-order valence-corrected chi connectivity index (χ2v) is 4.86. The Morgan fingerprint density at radius 1 is 1.48 bits per heavy atom. The number of carbonyl (C=O) groups excluding carboxylic acids is 3. The highest BCUT2D eigenvalue weighted by molar-refractivity contribution is 5.92. The van der Waals surface area contributed by atoms with Gasteiger partial charge in [-0.2, -0.15) is 0 Å². The lowest BCUT2D eigenvalue weighted by Gasteiger charge is -2.31. The first-order chi connectivity index (χ1) is 10.1. The molecule has 1 saturated heterocycles. The fourth-order valence-corrected chi connectivity index (χ4v) is 2.31. The number of hydrogen-bond donors (Lipinski definition) is 1. The van der Waals surface area contributed by atoms with Crippen LogP contribution < -0.4 is 5.32 Å². The Bertz CT molecular complexity index is 511. The van der Waals surface area contributed by atoms with Gasteiger partial charge in [0.2, 0.25) is 5.91 Å². The highest BCUT2D eigenvalue weighted by atomic mass is 16.5. The van der Waals surface area contributed by atoms with Crippen LogP contribution in [-0.4, -0.2) is 49.4 Å². The summed E-state index contributed by atoms with van der Waals surface area (Å²) < 4.78 is 9.55. The lowest BCUT2D eigenvalue weighted by molar-refractivity contribution is -0.141. The van der Waals surface area contributed by atoms with Gasteiger partial charge in [-0.25, -0.2) is 0 Å². The summed E-state index contributed by atoms with van der Waals surface area (Å²) in [5.74, 6) is -1.00. The number of furan rings is 1. The molecule has 21 heavy (non-hydrogen) atoms. The van der Waals surface area contributed by atoms with E-state index in [0.717, 1.165) is 6.42 Å². The van der Waals surface area contributed by atoms with Gasteiger partial charge in [-0.15, -0.1) is 0 Å². The highest BCUT2D eigenvalue weighted by Crippen LogP contribution is 2.19. The van der Waals surface area contributed by atoms with E-state index in [1.165, 1.54) is 13.4 Å². The van der Waals surface area contributed by atoms with Crippen molar-refractivity contribution in [3.05, 3.63) is 24.2 Å². The second kappa shape index (κ2) is 6.92. The van der Waals surface area contributed by atoms with E-state index in [1.54, 1.807) is 17.0 Å². The van der Waals surface area contributed by atoms with E-state index in [2.05, 4.69) is 10.1 Å². The van der Waals surface area contributed by atoms with Gasteiger partial charge in [-0.3, -0.25) is 14.4 Å². The molecule has 1 N–H and O–H groups in total. The number of piperidine rings is 1. The van der Waals surface area contributed by atoms with Crippen LogP contribution in [0.15, 0.2) is 22.8 Å². The number of methoxy groups -OCH3 is 1. The predicted octanol–water partition coefficient (Wildman–Crippen LogP) is 0.421. The molecule has 0 saturated carbocycles. The normalized spacial score (nSPS) is 18.1. The number of esters is 1. The van der Waals surface area contributed by atoms with Gasteiger partial charge in [-0.1, -0.05) is 0 Å². The van der Waals surface area contributed by atoms with Gasteiger partial charge in [0.05, 0.1) is 19.3 Å². The number of rotatable bonds is 4. The first-order valence-electron chi connectivity index (χ1n) is 6.79. The zero-order valence-corrected chi connectivity index (χ0v) is 11.8. The average Bonchev–Trinajstić information content (AvgIpc) is 3.06. The molecule has 0 bridgehead atoms. The fraction of sp³-hybridized carbons (Fsp3) is 0.500. The Labute approximate surface area is 122 Å². The van der Waals surface area contributed by atoms with Crippen LogP contribution in [0.5, 0.6) is 0 Å². The van der Waals surface area contributed by atoms with Crippen LogP contribution in [0.25, 0.3) is 0 Å². The summed E-state index contributed by atoms with van der Waals surface area (Å²) in [7, 11) is 1.26. The summed E-state index contributed by atoms with van der Waals surface area (Å²) in [5.41, 5.74) is 0. The molecular weight excluding hydrogens is 276 g/mol. The predicted molar refractivity (Wildman–Crippen MR) is 72.4 cm³/mol. The largest absolute Gasteiger partial charge is 0.468 e. The van der Waals surface area contributed by atoms with E-state index in [9.17, 15) is 14.4 Å². The van der Waals surface area contributed by atoms with Crippen LogP contribution in [-0.2, 0) is 14.3 Å². The molecule has 1 unspecified atom stereocenters. The number of nitrogens with one attached hydrogen (secondary N) is 1. The molecule has 2 heterocycles. The molecule has 0 aromatic carbocycles. The van der Waals surface area contributed by atoms with E-state index < -0.39 is 5.97 Å². The lowest BCUT2D eigenvalue weighted by atomic mass is 9.97. The molecule has 1 fully saturated rings. The standard InChI is InChI=1S/C14H18N2O5/c1-20-12(17)8-15-13(18)10-4-2-6-16(9-10)14(19)11-5-3-7-21-11/h3,5,7,10H,2,4,6,8-9H2,1H3,(H,15,18). The van der Waals surface area contributed by atoms with E-state index >= 15 is 0 Å². The van der Waals surface area contributed by atoms with Gasteiger partial charge >= 0.3 is 5.97 Å². The molecule has 1 aromatic rings. The third-order valence-electron chi connectivity index (χ3n) is 3.45. The Morgan fingerprint density at radius 2 is 2.29 bits per heavy atom. The number of nitrogens with zero attached hydrogens (tertiary/aromatic N) is 1. The van der Waals surface area contributed by atoms with Crippen molar-refractivity contribution in [2.24, 2.45) is 5.92 Å². The molecule has 1 aliphatic rings. The zero-order valence-electron chi connectivity index (χ0n) is 11.8. The maximum absolute atomic E-state index is 12.2. The molecule has 0 radical (unpaired) electrons. The molecule has 114 valence electrons. The van der Waals surface area contributed by atoms with Crippen LogP contribution >= 0.6 is 0 Å². The van der Waals surface area contributed by atoms with Crippen LogP contribution in [0.2, 0.25) is 0 Å². The highest BCUT2D eigenvalue weighted by Gasteiger charge is 2.29. The summed E-state index contributed by atoms with van der Waals surface area (Å²) in [6.45, 7) is 0.769. The first kappa shape index (κ1) is 15.1. The van der Waals surface area contributed by atoms with Crippen molar-refractivity contribution in [2.45, 2.75) is 12.8 Å². The van der Waals surface area contributed by atoms with Gasteiger partial charge in [0, 0.05) is 13.1 Å². The smallest absolute Gasteiger partial charge is 0.325 e. The van der Waals surface area contributed by atoms with Crippen molar-refractivity contribution in [1.82, 2.24) is 10.2 Å². The van der Waals surface area contributed by atoms with Crippen molar-refractivity contribution in [3.63, 3.8) is 0 Å². The van der Waals surface area contributed by atoms with Crippen LogP contribution in [0.1, 0.15) is 23.4 Å². The van der Waals surface area contributed by atoms with Crippen LogP contribution in [0, 0.1) is 5.92 Å². The fourth-order valence-electron chi connectivity index (χ4n) is 2.31. The van der Waals surface area contributed by atoms with E-state index in [1.807, 2.05) is 0 Å². The van der Waals surface area contributed by atoms with E-state index in [0.29, 0.717) is 19.5 Å². The minimum atomic E-state index is -0.498. The van der Waals surface area contributed by atoms with Crippen LogP contribution in [0.3, 0.4) is 0 Å². The topological polar surface area (TPSA) is 88.9 Å². The van der Waals surface area contributed by atoms with Gasteiger partial charge in [0.25, 0.3) is 5.91 Å². The number of carbonyl (C=O) groups is 3. The number of ether oxygens (including phenoxy) is 1. The zero-order chi connectivity index (χ0) is 15.2. The summed E-state index contributed by atoms with van der Waals surface area (Å²) >= 11 is 0. The number of hydrogen-bond acceptors (Lipinski definition) is 5. The van der Waals surface area contributed by atoms with Gasteiger partial charge in [0.1, 0.15) is 6.54 Å². The quantitative estimate of drug-likeness (QED) is 0.813. The Balaban J connectivity index is 1.90. The van der Waals surface area contributed by atoms with Crippen molar-refractivity contribution in [1.29, 1.82) is 0 Å². The van der Waals surface area contributed by atoms with Crippen molar-refractivity contribution >= 4 is 17.8 Å². The molecule has 7 nitrogen and oxygen atoms in total. The number of likely N-dealkylation sites (tertiary alicyclic amines) is 1.